The largest absolute Gasteiger partial charge is 0.481 e. The van der Waals surface area contributed by atoms with Crippen LogP contribution in [0.4, 0.5) is 0 Å². The molecule has 1 saturated carbocycles. The van der Waals surface area contributed by atoms with Gasteiger partial charge in [-0.15, -0.1) is 0 Å². The van der Waals surface area contributed by atoms with E-state index in [1.165, 1.54) is 0 Å². The maximum absolute atomic E-state index is 12.6. The molecule has 0 unspecified atom stereocenters. The van der Waals surface area contributed by atoms with E-state index in [-0.39, 0.29) is 23.4 Å². The van der Waals surface area contributed by atoms with E-state index in [0.717, 1.165) is 25.0 Å². The maximum Gasteiger partial charge on any atom is 0.306 e. The molecule has 0 spiro atoms. The van der Waals surface area contributed by atoms with Gasteiger partial charge in [-0.05, 0) is 52.9 Å². The monoisotopic (exact) mass is 321 g/mol. The lowest BCUT2D eigenvalue weighted by Gasteiger charge is -2.27. The van der Waals surface area contributed by atoms with E-state index in [1.807, 2.05) is 11.6 Å². The molecule has 0 radical (unpaired) electrons. The lowest BCUT2D eigenvalue weighted by molar-refractivity contribution is -0.142. The standard InChI is InChI=1S/C17H27N3O3/c1-5-14-13(10-18-20(14)17(2,3)4)15(21)19-12-8-6-11(7-9-12)16(22)23/h10-12H,5-9H2,1-4H3,(H,19,21)(H,22,23). The Morgan fingerprint density at radius 1 is 1.30 bits per heavy atom. The zero-order valence-corrected chi connectivity index (χ0v) is 14.4. The van der Waals surface area contributed by atoms with Crippen LogP contribution in [-0.4, -0.2) is 32.8 Å². The van der Waals surface area contributed by atoms with Crippen molar-refractivity contribution < 1.29 is 14.7 Å². The summed E-state index contributed by atoms with van der Waals surface area (Å²) in [7, 11) is 0. The van der Waals surface area contributed by atoms with Crippen LogP contribution in [0.25, 0.3) is 0 Å². The molecule has 1 aromatic heterocycles. The Morgan fingerprint density at radius 2 is 1.91 bits per heavy atom. The summed E-state index contributed by atoms with van der Waals surface area (Å²) in [4.78, 5) is 23.6. The summed E-state index contributed by atoms with van der Waals surface area (Å²) >= 11 is 0. The number of aromatic nitrogens is 2. The van der Waals surface area contributed by atoms with E-state index in [2.05, 4.69) is 31.2 Å². The molecule has 1 heterocycles. The fraction of sp³-hybridized carbons (Fsp3) is 0.706. The second-order valence-corrected chi connectivity index (χ2v) is 7.30. The van der Waals surface area contributed by atoms with Crippen molar-refractivity contribution >= 4 is 11.9 Å². The van der Waals surface area contributed by atoms with Gasteiger partial charge in [0.15, 0.2) is 0 Å². The predicted octanol–water partition coefficient (Wildman–Crippen LogP) is 2.57. The molecule has 1 amide bonds. The maximum atomic E-state index is 12.6. The first-order valence-electron chi connectivity index (χ1n) is 8.35. The van der Waals surface area contributed by atoms with E-state index in [4.69, 9.17) is 5.11 Å². The minimum atomic E-state index is -0.727. The van der Waals surface area contributed by atoms with Crippen LogP contribution in [0.15, 0.2) is 6.20 Å². The molecule has 0 atom stereocenters. The van der Waals surface area contributed by atoms with Gasteiger partial charge in [0.1, 0.15) is 0 Å². The number of carboxylic acid groups (broad SMARTS) is 1. The number of nitrogens with zero attached hydrogens (tertiary/aromatic N) is 2. The van der Waals surface area contributed by atoms with Crippen LogP contribution in [0.1, 0.15) is 69.4 Å². The molecule has 0 aromatic carbocycles. The van der Waals surface area contributed by atoms with Crippen LogP contribution < -0.4 is 5.32 Å². The summed E-state index contributed by atoms with van der Waals surface area (Å²) in [6, 6.07) is 0.0563. The van der Waals surface area contributed by atoms with Crippen LogP contribution in [0, 0.1) is 5.92 Å². The third-order valence-corrected chi connectivity index (χ3v) is 4.50. The molecule has 2 rings (SSSR count). The Balaban J connectivity index is 2.05. The van der Waals surface area contributed by atoms with Crippen LogP contribution >= 0.6 is 0 Å². The molecule has 6 nitrogen and oxygen atoms in total. The highest BCUT2D eigenvalue weighted by atomic mass is 16.4. The summed E-state index contributed by atoms with van der Waals surface area (Å²) in [5, 5.41) is 16.5. The van der Waals surface area contributed by atoms with Crippen molar-refractivity contribution in [1.29, 1.82) is 0 Å². The van der Waals surface area contributed by atoms with Gasteiger partial charge in [-0.2, -0.15) is 5.10 Å². The van der Waals surface area contributed by atoms with E-state index < -0.39 is 5.97 Å². The van der Waals surface area contributed by atoms with Crippen molar-refractivity contribution in [2.75, 3.05) is 0 Å². The van der Waals surface area contributed by atoms with Gasteiger partial charge >= 0.3 is 5.97 Å². The average molecular weight is 321 g/mol. The lowest BCUT2D eigenvalue weighted by atomic mass is 9.86. The van der Waals surface area contributed by atoms with Gasteiger partial charge < -0.3 is 10.4 Å². The van der Waals surface area contributed by atoms with Crippen LogP contribution in [0.3, 0.4) is 0 Å². The summed E-state index contributed by atoms with van der Waals surface area (Å²) < 4.78 is 1.91. The highest BCUT2D eigenvalue weighted by molar-refractivity contribution is 5.95. The third kappa shape index (κ3) is 3.92. The molecule has 0 bridgehead atoms. The van der Waals surface area contributed by atoms with Crippen molar-refractivity contribution in [3.63, 3.8) is 0 Å². The Labute approximate surface area is 137 Å². The zero-order chi connectivity index (χ0) is 17.2. The number of amides is 1. The predicted molar refractivity (Wildman–Crippen MR) is 87.4 cm³/mol. The van der Waals surface area contributed by atoms with E-state index in [0.29, 0.717) is 18.4 Å². The lowest BCUT2D eigenvalue weighted by Crippen LogP contribution is -2.39. The van der Waals surface area contributed by atoms with E-state index in [1.54, 1.807) is 6.20 Å². The normalized spacial score (nSPS) is 21.9. The quantitative estimate of drug-likeness (QED) is 0.892. The molecule has 1 fully saturated rings. The molecule has 23 heavy (non-hydrogen) atoms. The Morgan fingerprint density at radius 3 is 2.39 bits per heavy atom. The molecule has 0 saturated heterocycles. The van der Waals surface area contributed by atoms with Crippen LogP contribution in [0.5, 0.6) is 0 Å². The SMILES string of the molecule is CCc1c(C(=O)NC2CCC(C(=O)O)CC2)cnn1C(C)(C)C. The molecular weight excluding hydrogens is 294 g/mol. The first kappa shape index (κ1) is 17.5. The minimum absolute atomic E-state index is 0.0563. The highest BCUT2D eigenvalue weighted by Gasteiger charge is 2.28. The number of carbonyl (C=O) groups is 2. The Bertz CT molecular complexity index is 578. The number of nitrogens with one attached hydrogen (secondary N) is 1. The van der Waals surface area contributed by atoms with E-state index >= 15 is 0 Å². The third-order valence-electron chi connectivity index (χ3n) is 4.50. The number of carboxylic acids is 1. The molecular formula is C17H27N3O3. The fourth-order valence-electron chi connectivity index (χ4n) is 3.23. The molecule has 128 valence electrons. The molecule has 6 heteroatoms. The van der Waals surface area contributed by atoms with E-state index in [9.17, 15) is 9.59 Å². The first-order chi connectivity index (χ1) is 10.7. The smallest absolute Gasteiger partial charge is 0.306 e. The van der Waals surface area contributed by atoms with Crippen molar-refractivity contribution in [2.24, 2.45) is 5.92 Å². The summed E-state index contributed by atoms with van der Waals surface area (Å²) in [5.74, 6) is -1.09. The van der Waals surface area contributed by atoms with Gasteiger partial charge in [-0.1, -0.05) is 6.92 Å². The number of hydrogen-bond donors (Lipinski definition) is 2. The summed E-state index contributed by atoms with van der Waals surface area (Å²) in [6.07, 6.45) is 5.08. The molecule has 2 N–H and O–H groups in total. The van der Waals surface area contributed by atoms with Gasteiger partial charge in [0.25, 0.3) is 5.91 Å². The van der Waals surface area contributed by atoms with Crippen LogP contribution in [0.2, 0.25) is 0 Å². The number of aliphatic carboxylic acids is 1. The first-order valence-corrected chi connectivity index (χ1v) is 8.35. The van der Waals surface area contributed by atoms with Crippen molar-refractivity contribution in [3.05, 3.63) is 17.5 Å². The minimum Gasteiger partial charge on any atom is -0.481 e. The molecule has 1 aliphatic rings. The number of carbonyl (C=O) groups excluding carboxylic acids is 1. The number of rotatable bonds is 4. The van der Waals surface area contributed by atoms with Gasteiger partial charge in [0.05, 0.1) is 28.9 Å². The van der Waals surface area contributed by atoms with Crippen LogP contribution in [-0.2, 0) is 16.8 Å². The van der Waals surface area contributed by atoms with Gasteiger partial charge in [-0.25, -0.2) is 0 Å². The van der Waals surface area contributed by atoms with Crippen molar-refractivity contribution in [2.45, 2.75) is 71.4 Å². The average Bonchev–Trinajstić information content (AvgIpc) is 2.91. The second kappa shape index (κ2) is 6.72. The summed E-state index contributed by atoms with van der Waals surface area (Å²) in [6.45, 7) is 8.21. The van der Waals surface area contributed by atoms with Gasteiger partial charge in [0.2, 0.25) is 0 Å². The number of hydrogen-bond acceptors (Lipinski definition) is 3. The fourth-order valence-corrected chi connectivity index (χ4v) is 3.23. The molecule has 1 aliphatic carbocycles. The van der Waals surface area contributed by atoms with Gasteiger partial charge in [-0.3, -0.25) is 14.3 Å². The molecule has 1 aromatic rings. The molecule has 0 aliphatic heterocycles. The Hall–Kier alpha value is -1.85. The van der Waals surface area contributed by atoms with Gasteiger partial charge in [0, 0.05) is 6.04 Å². The van der Waals surface area contributed by atoms with Crippen molar-refractivity contribution in [3.8, 4) is 0 Å². The Kier molecular flexibility index (Phi) is 5.12. The topological polar surface area (TPSA) is 84.2 Å². The highest BCUT2D eigenvalue weighted by Crippen LogP contribution is 2.25. The second-order valence-electron chi connectivity index (χ2n) is 7.30. The zero-order valence-electron chi connectivity index (χ0n) is 14.4. The van der Waals surface area contributed by atoms with Crippen molar-refractivity contribution in [1.82, 2.24) is 15.1 Å². The summed E-state index contributed by atoms with van der Waals surface area (Å²) in [5.41, 5.74) is 1.40.